The molecule has 2 fully saturated rings. The fraction of sp³-hybridized carbons (Fsp3) is 0.571. The van der Waals surface area contributed by atoms with E-state index >= 15 is 0 Å². The van der Waals surface area contributed by atoms with Gasteiger partial charge in [-0.1, -0.05) is 18.2 Å². The van der Waals surface area contributed by atoms with Crippen LogP contribution in [0, 0.1) is 0 Å². The van der Waals surface area contributed by atoms with Crippen molar-refractivity contribution in [2.75, 3.05) is 19.7 Å². The Morgan fingerprint density at radius 1 is 1.36 bits per heavy atom. The minimum atomic E-state index is -0.700. The molecule has 1 aromatic carbocycles. The number of aromatic nitrogens is 1. The Labute approximate surface area is 172 Å². The fourth-order valence-corrected chi connectivity index (χ4v) is 4.71. The van der Waals surface area contributed by atoms with Gasteiger partial charge in [-0.15, -0.1) is 12.4 Å². The number of halogens is 1. The van der Waals surface area contributed by atoms with Crippen LogP contribution in [0.25, 0.3) is 10.9 Å². The number of hydrogen-bond acceptors (Lipinski definition) is 4. The summed E-state index contributed by atoms with van der Waals surface area (Å²) >= 11 is 0. The summed E-state index contributed by atoms with van der Waals surface area (Å²) in [4.78, 5) is 12.9. The number of carbonyl (C=O) groups excluding carboxylic acids is 1. The molecule has 154 valence electrons. The van der Waals surface area contributed by atoms with Crippen LogP contribution in [0.4, 0.5) is 0 Å². The van der Waals surface area contributed by atoms with Gasteiger partial charge in [-0.2, -0.15) is 0 Å². The molecule has 0 saturated carbocycles. The van der Waals surface area contributed by atoms with Crippen LogP contribution in [0.1, 0.15) is 31.7 Å². The van der Waals surface area contributed by atoms with Gasteiger partial charge in [0.25, 0.3) is 0 Å². The van der Waals surface area contributed by atoms with Crippen LogP contribution in [0.2, 0.25) is 0 Å². The van der Waals surface area contributed by atoms with Crippen LogP contribution in [-0.2, 0) is 23.0 Å². The first-order valence-corrected chi connectivity index (χ1v) is 9.78. The van der Waals surface area contributed by atoms with E-state index in [2.05, 4.69) is 16.7 Å². The lowest BCUT2D eigenvalue weighted by molar-refractivity contribution is -0.174. The highest BCUT2D eigenvalue weighted by Crippen LogP contribution is 2.38. The van der Waals surface area contributed by atoms with E-state index in [0.29, 0.717) is 12.8 Å². The number of rotatable bonds is 3. The number of aliphatic hydroxyl groups excluding tert-OH is 1. The summed E-state index contributed by atoms with van der Waals surface area (Å²) in [6.45, 7) is 4.04. The predicted octanol–water partition coefficient (Wildman–Crippen LogP) is 1.92. The van der Waals surface area contributed by atoms with Gasteiger partial charge in [-0.25, -0.2) is 0 Å². The Balaban J connectivity index is 0.00000225. The van der Waals surface area contributed by atoms with Crippen LogP contribution in [0.3, 0.4) is 0 Å². The summed E-state index contributed by atoms with van der Waals surface area (Å²) in [5.41, 5.74) is 1.21. The van der Waals surface area contributed by atoms with E-state index in [1.165, 1.54) is 0 Å². The van der Waals surface area contributed by atoms with Gasteiger partial charge < -0.3 is 25.0 Å². The highest BCUT2D eigenvalue weighted by molar-refractivity contribution is 5.89. The maximum Gasteiger partial charge on any atom is 0.225 e. The van der Waals surface area contributed by atoms with Crippen LogP contribution in [-0.4, -0.2) is 52.5 Å². The normalized spacial score (nSPS) is 26.8. The fourth-order valence-electron chi connectivity index (χ4n) is 4.71. The molecule has 2 aliphatic rings. The Hall–Kier alpha value is -1.60. The van der Waals surface area contributed by atoms with E-state index in [-0.39, 0.29) is 30.5 Å². The second-order valence-corrected chi connectivity index (χ2v) is 8.36. The topological polar surface area (TPSA) is 75.5 Å². The molecular weight excluding hydrogens is 378 g/mol. The molecule has 0 aliphatic carbocycles. The van der Waals surface area contributed by atoms with E-state index in [0.717, 1.165) is 42.4 Å². The third-order valence-corrected chi connectivity index (χ3v) is 6.24. The van der Waals surface area contributed by atoms with E-state index in [9.17, 15) is 9.90 Å². The molecule has 3 N–H and O–H groups in total. The second kappa shape index (κ2) is 8.03. The quantitative estimate of drug-likeness (QED) is 0.726. The Morgan fingerprint density at radius 2 is 2.07 bits per heavy atom. The monoisotopic (exact) mass is 407 g/mol. The number of amides is 1. The predicted molar refractivity (Wildman–Crippen MR) is 112 cm³/mol. The first-order chi connectivity index (χ1) is 12.9. The number of benzene rings is 1. The number of carbonyl (C=O) groups is 1. The number of nitrogens with one attached hydrogen (secondary N) is 2. The van der Waals surface area contributed by atoms with Crippen molar-refractivity contribution in [3.05, 3.63) is 36.0 Å². The third kappa shape index (κ3) is 3.92. The molecule has 2 aromatic rings. The first kappa shape index (κ1) is 21.1. The summed E-state index contributed by atoms with van der Waals surface area (Å²) < 4.78 is 8.08. The van der Waals surface area contributed by atoms with Crippen molar-refractivity contribution in [3.8, 4) is 0 Å². The van der Waals surface area contributed by atoms with Crippen LogP contribution < -0.4 is 10.6 Å². The molecule has 3 heterocycles. The van der Waals surface area contributed by atoms with Gasteiger partial charge in [0, 0.05) is 30.6 Å². The van der Waals surface area contributed by atoms with Crippen LogP contribution in [0.5, 0.6) is 0 Å². The standard InChI is InChI=1S/C21H29N3O3.ClH/c1-20(14-21(27-13-18(20)25)7-9-22-10-8-21)23-19(26)11-15-12-24(2)17-6-4-3-5-16(15)17;/h3-6,12,18,22,25H,7-11,13-14H2,1-2H3,(H,23,26);1H/t18-,20-;/m0./s1. The number of aliphatic hydroxyl groups is 1. The maximum absolute atomic E-state index is 12.9. The molecule has 1 spiro atoms. The number of nitrogens with zero attached hydrogens (tertiary/aromatic N) is 1. The molecule has 0 unspecified atom stereocenters. The molecule has 2 aliphatic heterocycles. The zero-order valence-corrected chi connectivity index (χ0v) is 17.3. The minimum Gasteiger partial charge on any atom is -0.388 e. The van der Waals surface area contributed by atoms with E-state index in [1.807, 2.05) is 42.9 Å². The van der Waals surface area contributed by atoms with E-state index in [1.54, 1.807) is 0 Å². The van der Waals surface area contributed by atoms with E-state index in [4.69, 9.17) is 4.74 Å². The van der Waals surface area contributed by atoms with Gasteiger partial charge in [-0.3, -0.25) is 4.79 Å². The largest absolute Gasteiger partial charge is 0.388 e. The number of piperidine rings is 1. The first-order valence-electron chi connectivity index (χ1n) is 9.78. The van der Waals surface area contributed by atoms with Gasteiger partial charge in [0.2, 0.25) is 5.91 Å². The van der Waals surface area contributed by atoms with Crippen molar-refractivity contribution < 1.29 is 14.6 Å². The summed E-state index contributed by atoms with van der Waals surface area (Å²) in [5.74, 6) is -0.0566. The maximum atomic E-state index is 12.9. The molecule has 6 nitrogen and oxygen atoms in total. The molecule has 28 heavy (non-hydrogen) atoms. The van der Waals surface area contributed by atoms with Gasteiger partial charge in [0.1, 0.15) is 6.10 Å². The minimum absolute atomic E-state index is 0. The molecule has 0 bridgehead atoms. The highest BCUT2D eigenvalue weighted by Gasteiger charge is 2.49. The summed E-state index contributed by atoms with van der Waals surface area (Å²) in [7, 11) is 1.99. The highest BCUT2D eigenvalue weighted by atomic mass is 35.5. The SMILES string of the molecule is Cl.Cn1cc(CC(=O)N[C@@]2(C)CC3(CCNCC3)OC[C@@H]2O)c2ccccc21. The van der Waals surface area contributed by atoms with Crippen molar-refractivity contribution in [1.29, 1.82) is 0 Å². The van der Waals surface area contributed by atoms with Gasteiger partial charge in [0.15, 0.2) is 0 Å². The molecule has 1 amide bonds. The smallest absolute Gasteiger partial charge is 0.225 e. The van der Waals surface area contributed by atoms with Crippen LogP contribution in [0.15, 0.2) is 30.5 Å². The van der Waals surface area contributed by atoms with Crippen molar-refractivity contribution in [2.24, 2.45) is 7.05 Å². The Bertz CT molecular complexity index is 847. The molecule has 4 rings (SSSR count). The third-order valence-electron chi connectivity index (χ3n) is 6.24. The molecule has 2 atom stereocenters. The lowest BCUT2D eigenvalue weighted by Crippen LogP contribution is -2.65. The Kier molecular flexibility index (Phi) is 6.05. The van der Waals surface area contributed by atoms with Crippen molar-refractivity contribution in [2.45, 2.75) is 49.9 Å². The molecular formula is C21H30ClN3O3. The number of aryl methyl sites for hydroxylation is 1. The average Bonchev–Trinajstić information content (AvgIpc) is 2.95. The summed E-state index contributed by atoms with van der Waals surface area (Å²) in [6.07, 6.45) is 4.09. The lowest BCUT2D eigenvalue weighted by Gasteiger charge is -2.50. The second-order valence-electron chi connectivity index (χ2n) is 8.36. The lowest BCUT2D eigenvalue weighted by atomic mass is 9.75. The van der Waals surface area contributed by atoms with Crippen molar-refractivity contribution in [3.63, 3.8) is 0 Å². The zero-order chi connectivity index (χ0) is 19.1. The van der Waals surface area contributed by atoms with Crippen LogP contribution >= 0.6 is 12.4 Å². The Morgan fingerprint density at radius 3 is 2.82 bits per heavy atom. The number of para-hydroxylation sites is 1. The molecule has 2 saturated heterocycles. The molecule has 7 heteroatoms. The van der Waals surface area contributed by atoms with Gasteiger partial charge >= 0.3 is 0 Å². The van der Waals surface area contributed by atoms with Crippen molar-refractivity contribution >= 4 is 29.2 Å². The number of fused-ring (bicyclic) bond motifs is 1. The number of ether oxygens (including phenoxy) is 1. The summed E-state index contributed by atoms with van der Waals surface area (Å²) in [6, 6.07) is 8.10. The van der Waals surface area contributed by atoms with E-state index < -0.39 is 11.6 Å². The molecule has 0 radical (unpaired) electrons. The average molecular weight is 408 g/mol. The number of hydrogen-bond donors (Lipinski definition) is 3. The molecule has 1 aromatic heterocycles. The van der Waals surface area contributed by atoms with Gasteiger partial charge in [-0.05, 0) is 44.5 Å². The summed E-state index contributed by atoms with van der Waals surface area (Å²) in [5, 5.41) is 18.2. The van der Waals surface area contributed by atoms with Gasteiger partial charge in [0.05, 0.1) is 24.2 Å². The van der Waals surface area contributed by atoms with Crippen molar-refractivity contribution in [1.82, 2.24) is 15.2 Å². The zero-order valence-electron chi connectivity index (χ0n) is 16.5.